The zero-order chi connectivity index (χ0) is 16.4. The van der Waals surface area contributed by atoms with Gasteiger partial charge in [0, 0.05) is 10.4 Å². The number of hydrogen-bond acceptors (Lipinski definition) is 5. The normalized spacial score (nSPS) is 16.2. The van der Waals surface area contributed by atoms with Gasteiger partial charge in [-0.25, -0.2) is 4.39 Å². The van der Waals surface area contributed by atoms with Crippen LogP contribution < -0.4 is 5.43 Å². The van der Waals surface area contributed by atoms with Crippen molar-refractivity contribution >= 4 is 57.5 Å². The Labute approximate surface area is 145 Å². The number of thiocarbonyl (C=S) groups is 1. The van der Waals surface area contributed by atoms with Gasteiger partial charge in [0.25, 0.3) is 11.8 Å². The van der Waals surface area contributed by atoms with Gasteiger partial charge in [-0.1, -0.05) is 17.8 Å². The summed E-state index contributed by atoms with van der Waals surface area (Å²) < 4.78 is 13.1. The number of nitrogens with zero attached hydrogens (tertiary/aromatic N) is 1. The molecule has 1 aliphatic heterocycles. The van der Waals surface area contributed by atoms with Crippen molar-refractivity contribution in [1.29, 1.82) is 0 Å². The largest absolute Gasteiger partial charge is 0.285 e. The van der Waals surface area contributed by atoms with E-state index in [0.29, 0.717) is 4.91 Å². The van der Waals surface area contributed by atoms with Gasteiger partial charge in [0.05, 0.1) is 4.91 Å². The van der Waals surface area contributed by atoms with Gasteiger partial charge >= 0.3 is 0 Å². The van der Waals surface area contributed by atoms with Crippen LogP contribution in [0.25, 0.3) is 6.08 Å². The molecule has 0 spiro atoms. The first-order valence-electron chi connectivity index (χ1n) is 6.42. The van der Waals surface area contributed by atoms with E-state index in [0.717, 1.165) is 21.6 Å². The molecule has 0 radical (unpaired) electrons. The minimum atomic E-state index is -0.529. The zero-order valence-corrected chi connectivity index (χ0v) is 13.9. The number of nitrogens with one attached hydrogen (secondary N) is 1. The highest BCUT2D eigenvalue weighted by Crippen LogP contribution is 2.32. The molecule has 1 fully saturated rings. The number of carbonyl (C=O) groups is 2. The van der Waals surface area contributed by atoms with Crippen molar-refractivity contribution in [1.82, 2.24) is 10.4 Å². The zero-order valence-electron chi connectivity index (χ0n) is 11.5. The van der Waals surface area contributed by atoms with Crippen LogP contribution in [0.4, 0.5) is 4.39 Å². The van der Waals surface area contributed by atoms with Gasteiger partial charge < -0.3 is 0 Å². The highest BCUT2D eigenvalue weighted by atomic mass is 32.2. The predicted molar refractivity (Wildman–Crippen MR) is 93.2 cm³/mol. The maximum Gasteiger partial charge on any atom is 0.285 e. The Hall–Kier alpha value is -2.03. The van der Waals surface area contributed by atoms with E-state index < -0.39 is 11.7 Å². The van der Waals surface area contributed by atoms with Crippen molar-refractivity contribution < 1.29 is 14.0 Å². The van der Waals surface area contributed by atoms with Gasteiger partial charge in [0.2, 0.25) is 0 Å². The van der Waals surface area contributed by atoms with Crippen molar-refractivity contribution in [2.24, 2.45) is 0 Å². The fourth-order valence-electron chi connectivity index (χ4n) is 1.83. The fourth-order valence-corrected chi connectivity index (χ4v) is 3.74. The number of hydrazine groups is 1. The van der Waals surface area contributed by atoms with Crippen LogP contribution in [-0.4, -0.2) is 21.1 Å². The standard InChI is InChI=1S/C15H9FN2O2S3/c16-10-5-3-9(4-6-10)13(19)17-18-14(20)12(23-15(18)21)8-11-2-1-7-22-11/h1-8H,(H,17,19). The topological polar surface area (TPSA) is 49.4 Å². The number of thiophene rings is 1. The van der Waals surface area contributed by atoms with Crippen LogP contribution in [0.3, 0.4) is 0 Å². The molecule has 2 aromatic rings. The van der Waals surface area contributed by atoms with Gasteiger partial charge in [-0.05, 0) is 54.0 Å². The summed E-state index contributed by atoms with van der Waals surface area (Å²) in [7, 11) is 0. The predicted octanol–water partition coefficient (Wildman–Crippen LogP) is 3.43. The van der Waals surface area contributed by atoms with Crippen LogP contribution in [0.2, 0.25) is 0 Å². The van der Waals surface area contributed by atoms with Crippen LogP contribution in [0.5, 0.6) is 0 Å². The highest BCUT2D eigenvalue weighted by molar-refractivity contribution is 8.26. The van der Waals surface area contributed by atoms with Crippen LogP contribution in [0.15, 0.2) is 46.7 Å². The molecule has 1 aromatic heterocycles. The SMILES string of the molecule is O=C(NN1C(=O)C(=Cc2cccs2)SC1=S)c1ccc(F)cc1. The van der Waals surface area contributed by atoms with E-state index in [4.69, 9.17) is 12.2 Å². The van der Waals surface area contributed by atoms with Crippen molar-refractivity contribution in [3.8, 4) is 0 Å². The second-order valence-corrected chi connectivity index (χ2v) is 7.14. The third kappa shape index (κ3) is 3.49. The molecule has 23 heavy (non-hydrogen) atoms. The Kier molecular flexibility index (Phi) is 4.56. The van der Waals surface area contributed by atoms with Crippen molar-refractivity contribution in [2.75, 3.05) is 0 Å². The molecule has 1 N–H and O–H groups in total. The second-order valence-electron chi connectivity index (χ2n) is 4.48. The van der Waals surface area contributed by atoms with Gasteiger partial charge in [0.15, 0.2) is 4.32 Å². The number of benzene rings is 1. The molecule has 8 heteroatoms. The Balaban J connectivity index is 1.75. The lowest BCUT2D eigenvalue weighted by molar-refractivity contribution is -0.123. The molecule has 1 saturated heterocycles. The van der Waals surface area contributed by atoms with Crippen molar-refractivity contribution in [3.63, 3.8) is 0 Å². The van der Waals surface area contributed by atoms with E-state index in [-0.39, 0.29) is 15.8 Å². The van der Waals surface area contributed by atoms with E-state index in [2.05, 4.69) is 5.43 Å². The number of rotatable bonds is 3. The van der Waals surface area contributed by atoms with Crippen molar-refractivity contribution in [3.05, 3.63) is 62.9 Å². The Bertz CT molecular complexity index is 801. The first kappa shape index (κ1) is 15.9. The van der Waals surface area contributed by atoms with E-state index in [1.165, 1.54) is 35.6 Å². The summed E-state index contributed by atoms with van der Waals surface area (Å²) in [5.41, 5.74) is 2.69. The summed E-state index contributed by atoms with van der Waals surface area (Å²) >= 11 is 7.76. The molecule has 2 heterocycles. The minimum absolute atomic E-state index is 0.239. The number of halogens is 1. The molecule has 1 aromatic carbocycles. The number of hydrogen-bond donors (Lipinski definition) is 1. The lowest BCUT2D eigenvalue weighted by Crippen LogP contribution is -2.44. The number of thioether (sulfide) groups is 1. The Morgan fingerprint density at radius 3 is 2.65 bits per heavy atom. The molecular weight excluding hydrogens is 355 g/mol. The van der Waals surface area contributed by atoms with Crippen LogP contribution in [0.1, 0.15) is 15.2 Å². The van der Waals surface area contributed by atoms with Gasteiger partial charge in [-0.15, -0.1) is 11.3 Å². The summed E-state index contributed by atoms with van der Waals surface area (Å²) in [6, 6.07) is 8.79. The Morgan fingerprint density at radius 1 is 1.26 bits per heavy atom. The van der Waals surface area contributed by atoms with Crippen LogP contribution in [-0.2, 0) is 4.79 Å². The molecular formula is C15H9FN2O2S3. The quantitative estimate of drug-likeness (QED) is 0.670. The van der Waals surface area contributed by atoms with Gasteiger partial charge in [0.1, 0.15) is 5.82 Å². The first-order valence-corrected chi connectivity index (χ1v) is 8.53. The molecule has 0 atom stereocenters. The molecule has 4 nitrogen and oxygen atoms in total. The summed E-state index contributed by atoms with van der Waals surface area (Å²) in [4.78, 5) is 25.8. The lowest BCUT2D eigenvalue weighted by Gasteiger charge is -2.15. The molecule has 0 bridgehead atoms. The number of amides is 2. The Morgan fingerprint density at radius 2 is 2.00 bits per heavy atom. The first-order chi connectivity index (χ1) is 11.0. The summed E-state index contributed by atoms with van der Waals surface area (Å²) in [6.45, 7) is 0. The second kappa shape index (κ2) is 6.61. The lowest BCUT2D eigenvalue weighted by atomic mass is 10.2. The van der Waals surface area contributed by atoms with E-state index in [1.54, 1.807) is 6.08 Å². The third-order valence-electron chi connectivity index (χ3n) is 2.93. The summed E-state index contributed by atoms with van der Waals surface area (Å²) in [5, 5.41) is 2.94. The van der Waals surface area contributed by atoms with Crippen molar-refractivity contribution in [2.45, 2.75) is 0 Å². The average Bonchev–Trinajstić information content (AvgIpc) is 3.12. The molecule has 0 aliphatic carbocycles. The van der Waals surface area contributed by atoms with E-state index in [1.807, 2.05) is 17.5 Å². The summed E-state index contributed by atoms with van der Waals surface area (Å²) in [6.07, 6.45) is 1.73. The smallest absolute Gasteiger partial charge is 0.267 e. The molecule has 0 unspecified atom stereocenters. The highest BCUT2D eigenvalue weighted by Gasteiger charge is 2.33. The van der Waals surface area contributed by atoms with Gasteiger partial charge in [-0.2, -0.15) is 5.01 Å². The molecule has 1 aliphatic rings. The average molecular weight is 364 g/mol. The summed E-state index contributed by atoms with van der Waals surface area (Å²) in [5.74, 6) is -1.35. The fraction of sp³-hybridized carbons (Fsp3) is 0. The maximum atomic E-state index is 12.9. The van der Waals surface area contributed by atoms with Crippen LogP contribution >= 0.6 is 35.3 Å². The van der Waals surface area contributed by atoms with Gasteiger partial charge in [-0.3, -0.25) is 15.0 Å². The molecule has 0 saturated carbocycles. The van der Waals surface area contributed by atoms with E-state index >= 15 is 0 Å². The third-order valence-corrected chi connectivity index (χ3v) is 5.05. The molecule has 3 rings (SSSR count). The van der Waals surface area contributed by atoms with Crippen LogP contribution in [0, 0.1) is 5.82 Å². The maximum absolute atomic E-state index is 12.9. The minimum Gasteiger partial charge on any atom is -0.267 e. The molecule has 116 valence electrons. The monoisotopic (exact) mass is 364 g/mol. The molecule has 2 amide bonds. The number of carbonyl (C=O) groups excluding carboxylic acids is 2. The van der Waals surface area contributed by atoms with E-state index in [9.17, 15) is 14.0 Å².